The number of likely N-dealkylation sites (N-methyl/N-ethyl adjacent to an activating group) is 3. The number of carbonyl (C=O) groups excluding carboxylic acids is 9. The van der Waals surface area contributed by atoms with Gasteiger partial charge in [0.25, 0.3) is 58.2 Å². The van der Waals surface area contributed by atoms with Crippen molar-refractivity contribution >= 4 is 200 Å². The predicted molar refractivity (Wildman–Crippen MR) is 472 cm³/mol. The average Bonchev–Trinajstić information content (AvgIpc) is 0.769. The van der Waals surface area contributed by atoms with Crippen LogP contribution in [0.15, 0.2) is 103 Å². The molecule has 12 rings (SSSR count). The lowest BCUT2D eigenvalue weighted by molar-refractivity contribution is -0.144. The molecule has 0 radical (unpaired) electrons. The fourth-order valence-corrected chi connectivity index (χ4v) is 45.9. The Balaban J connectivity index is 0.000000266. The summed E-state index contributed by atoms with van der Waals surface area (Å²) in [6, 6.07) is 32.6. The zero-order valence-corrected chi connectivity index (χ0v) is 82.7. The SMILES string of the molecule is C=C[Si]1(C)CSCC(=O)O1.CC1SC[Si](C)(C)OC1=O.CCO[Si]1(OCC)CN(C)CC(=O)O1.CC[Si]1(CC)CSCC(=O)O1.CN1CC(=O)O[Si](C)(C)C1.CN1CC(=O)O[Si](C)(c2ccccc2)C1.C[Si]1(C)CN([Si](C)(C)C)CC(=O)O1.C[Si]1(C)CNCC(=O)O1.O=C1CSC[Si](c2ccccc2)(c2ccccc2)O1. The van der Waals surface area contributed by atoms with Gasteiger partial charge in [0.05, 0.1) is 61.4 Å². The molecule has 0 amide bonds. The third-order valence-corrected chi connectivity index (χ3v) is 55.0. The van der Waals surface area contributed by atoms with E-state index < -0.39 is 83.6 Å². The highest BCUT2D eigenvalue weighted by molar-refractivity contribution is 8.02. The minimum absolute atomic E-state index is 0.0108. The molecule has 39 heteroatoms. The van der Waals surface area contributed by atoms with E-state index >= 15 is 0 Å². The highest BCUT2D eigenvalue weighted by Gasteiger charge is 2.50. The first-order valence-electron chi connectivity index (χ1n) is 37.6. The molecule has 9 saturated heterocycles. The van der Waals surface area contributed by atoms with Crippen molar-refractivity contribution in [1.29, 1.82) is 0 Å². The van der Waals surface area contributed by atoms with Crippen molar-refractivity contribution in [3.63, 3.8) is 0 Å². The topological polar surface area (TPSA) is 280 Å². The Labute approximate surface area is 688 Å². The van der Waals surface area contributed by atoms with Crippen LogP contribution in [-0.2, 0) is 91.8 Å². The minimum Gasteiger partial charge on any atom is -0.518 e. The maximum atomic E-state index is 11.8. The molecular weight excluding hydrogens is 1660 g/mol. The fourth-order valence-electron chi connectivity index (χ4n) is 12.3. The second-order valence-electron chi connectivity index (χ2n) is 31.9. The predicted octanol–water partition coefficient (Wildman–Crippen LogP) is 7.95. The van der Waals surface area contributed by atoms with Crippen LogP contribution in [0.3, 0.4) is 0 Å². The Morgan fingerprint density at radius 1 is 0.468 bits per heavy atom. The molecule has 9 aliphatic rings. The number of rotatable bonds is 11. The van der Waals surface area contributed by atoms with Gasteiger partial charge in [-0.15, -0.1) is 53.6 Å². The van der Waals surface area contributed by atoms with Crippen molar-refractivity contribution in [3.05, 3.63) is 103 Å². The number of hydrogen-bond acceptors (Lipinski definition) is 29. The van der Waals surface area contributed by atoms with Gasteiger partial charge >= 0.3 is 70.8 Å². The van der Waals surface area contributed by atoms with Gasteiger partial charge in [-0.05, 0) is 135 Å². The van der Waals surface area contributed by atoms with Gasteiger partial charge in [0.15, 0.2) is 0 Å². The standard InChI is InChI=1S/C15H14O2SSi.C11H15NO2Si.C8H17NO4Si.C8H19NO2Si2.C7H14O2SSi.C6H13NO2Si.C6H12O2SSi.C6H10O2SSi.C5H11NO2Si/c16-15-11-18-12-19(17-15,13-7-3-1-4-8-13)14-9-5-2-6-10-14;1-12-8-11(13)14-15(2,9-12)10-6-4-3-5-7-10;1-4-11-14(12-5-2)7-9(3)6-8(10)13-14;1-12(2,3)9-6-8(10)11-13(4,5)7-9;1-3-11(4-2)6-10-5-7(8)9-11;1-7-4-6(8)9-10(2,3)5-7;1-5-6(7)8-10(2,3)4-9-5;1-3-10(2)5-9-4-6(7)8-10;1-9(2)4-6-3-5(7)8-9/h1-10H,11-12H2;3-7H,8-9H2,1-2H3;4-7H2,1-3H3;6-7H2,1-5H3;3-6H2,1-2H3;4-5H2,1-3H3;5H,4H2,1-3H3;3H,1,4-5H2,2H3;6H,3-4H2,1-2H3. The van der Waals surface area contributed by atoms with Gasteiger partial charge in [-0.1, -0.05) is 130 Å². The third-order valence-electron chi connectivity index (χ3n) is 17.7. The Hall–Kier alpha value is -4.08. The first-order valence-corrected chi connectivity index (χ1v) is 70.0. The first kappa shape index (κ1) is 99.3. The summed E-state index contributed by atoms with van der Waals surface area (Å²) < 4.78 is 61.7. The van der Waals surface area contributed by atoms with Gasteiger partial charge in [0.1, 0.15) is 8.24 Å². The van der Waals surface area contributed by atoms with Crippen molar-refractivity contribution in [3.8, 4) is 0 Å². The van der Waals surface area contributed by atoms with Crippen molar-refractivity contribution in [2.24, 2.45) is 0 Å². The number of carbonyl (C=O) groups is 9. The largest absolute Gasteiger partial charge is 0.582 e. The molecule has 111 heavy (non-hydrogen) atoms. The molecular formula is C72H125N5O20S4Si10. The molecule has 9 fully saturated rings. The molecule has 0 aromatic heterocycles. The second-order valence-corrected chi connectivity index (χ2v) is 76.8. The van der Waals surface area contributed by atoms with Crippen LogP contribution in [0.5, 0.6) is 0 Å². The summed E-state index contributed by atoms with van der Waals surface area (Å²) in [6.07, 6.45) is 4.31. The van der Waals surface area contributed by atoms with Crippen LogP contribution in [0, 0.1) is 0 Å². The second kappa shape index (κ2) is 45.6. The number of thioether (sulfide) groups is 4. The highest BCUT2D eigenvalue weighted by atomic mass is 32.2. The molecule has 0 bridgehead atoms. The van der Waals surface area contributed by atoms with E-state index in [2.05, 4.69) is 132 Å². The highest BCUT2D eigenvalue weighted by Crippen LogP contribution is 2.29. The van der Waals surface area contributed by atoms with Crippen LogP contribution in [0.4, 0.5) is 0 Å². The van der Waals surface area contributed by atoms with Crippen LogP contribution in [0.25, 0.3) is 0 Å². The lowest BCUT2D eigenvalue weighted by Gasteiger charge is -2.42. The number of nitrogens with zero attached hydrogens (tertiary/aromatic N) is 4. The van der Waals surface area contributed by atoms with Crippen LogP contribution >= 0.6 is 47.0 Å². The summed E-state index contributed by atoms with van der Waals surface area (Å²) in [5, 5.41) is 10.6. The zero-order chi connectivity index (χ0) is 83.3. The third kappa shape index (κ3) is 35.3. The molecule has 3 aromatic rings. The van der Waals surface area contributed by atoms with Gasteiger partial charge < -0.3 is 58.6 Å². The van der Waals surface area contributed by atoms with E-state index in [4.69, 9.17) is 48.7 Å². The van der Waals surface area contributed by atoms with Crippen LogP contribution in [0.2, 0.25) is 97.2 Å². The van der Waals surface area contributed by atoms with E-state index in [1.807, 2.05) is 137 Å². The summed E-state index contributed by atoms with van der Waals surface area (Å²) >= 11 is 6.80. The van der Waals surface area contributed by atoms with E-state index in [0.29, 0.717) is 69.4 Å². The smallest absolute Gasteiger partial charge is 0.518 e. The van der Waals surface area contributed by atoms with E-state index in [1.54, 1.807) is 47.0 Å². The average molecular weight is 1790 g/mol. The molecule has 3 aromatic carbocycles. The maximum absolute atomic E-state index is 11.8. The van der Waals surface area contributed by atoms with Gasteiger partial charge in [-0.3, -0.25) is 57.9 Å². The maximum Gasteiger partial charge on any atom is 0.582 e. The van der Waals surface area contributed by atoms with Gasteiger partial charge in [-0.2, -0.15) is 0 Å². The Kier molecular flexibility index (Phi) is 40.8. The first-order chi connectivity index (χ1) is 51.7. The van der Waals surface area contributed by atoms with Crippen molar-refractivity contribution in [1.82, 2.24) is 24.6 Å². The van der Waals surface area contributed by atoms with Crippen LogP contribution in [0.1, 0.15) is 34.6 Å². The van der Waals surface area contributed by atoms with Crippen LogP contribution in [-0.4, -0.2) is 299 Å². The number of hydrogen-bond donors (Lipinski definition) is 1. The summed E-state index contributed by atoms with van der Waals surface area (Å²) in [7, 11) is -12.6. The number of benzene rings is 3. The van der Waals surface area contributed by atoms with Crippen LogP contribution < -0.4 is 20.9 Å². The van der Waals surface area contributed by atoms with E-state index in [0.717, 1.165) is 58.3 Å². The van der Waals surface area contributed by atoms with Crippen molar-refractivity contribution in [2.45, 2.75) is 137 Å². The molecule has 3 atom stereocenters. The summed E-state index contributed by atoms with van der Waals surface area (Å²) in [4.78, 5) is 106. The van der Waals surface area contributed by atoms with E-state index in [9.17, 15) is 43.2 Å². The summed E-state index contributed by atoms with van der Waals surface area (Å²) in [5.74, 6) is 0.827. The molecule has 0 spiro atoms. The van der Waals surface area contributed by atoms with Crippen molar-refractivity contribution in [2.75, 3.05) is 137 Å². The molecule has 0 aliphatic carbocycles. The Morgan fingerprint density at radius 2 is 0.901 bits per heavy atom. The van der Waals surface area contributed by atoms with Crippen molar-refractivity contribution < 1.29 is 91.8 Å². The molecule has 1 N–H and O–H groups in total. The van der Waals surface area contributed by atoms with Gasteiger partial charge in [0, 0.05) is 59.4 Å². The molecule has 25 nitrogen and oxygen atoms in total. The molecule has 0 saturated carbocycles. The minimum atomic E-state index is -2.73. The molecule has 9 aliphatic heterocycles. The summed E-state index contributed by atoms with van der Waals surface area (Å²) in [5.41, 5.74) is 1.82. The Morgan fingerprint density at radius 3 is 1.27 bits per heavy atom. The number of nitrogens with one attached hydrogen (secondary N) is 1. The molecule has 622 valence electrons. The normalized spacial score (nSPS) is 24.9. The lowest BCUT2D eigenvalue weighted by Crippen LogP contribution is -2.66. The van der Waals surface area contributed by atoms with E-state index in [-0.39, 0.29) is 59.0 Å². The van der Waals surface area contributed by atoms with E-state index in [1.165, 1.54) is 15.6 Å². The lowest BCUT2D eigenvalue weighted by atomic mass is 10.4. The summed E-state index contributed by atoms with van der Waals surface area (Å²) in [6.45, 7) is 44.1. The monoisotopic (exact) mass is 1790 g/mol. The van der Waals surface area contributed by atoms with Gasteiger partial charge in [0.2, 0.25) is 0 Å². The van der Waals surface area contributed by atoms with Gasteiger partial charge in [-0.25, -0.2) is 0 Å². The fraction of sp³-hybridized carbons (Fsp3) is 0.597. The molecule has 3 unspecified atom stereocenters. The molecule has 9 heterocycles. The quantitative estimate of drug-likeness (QED) is 0.178. The zero-order valence-electron chi connectivity index (χ0n) is 69.5. The Bertz CT molecular complexity index is 3490.